The average molecular weight is 272 g/mol. The van der Waals surface area contributed by atoms with Gasteiger partial charge in [-0.05, 0) is 6.07 Å². The lowest BCUT2D eigenvalue weighted by atomic mass is 10.2. The molecule has 3 rings (SSSR count). The van der Waals surface area contributed by atoms with E-state index in [1.807, 2.05) is 0 Å². The first-order chi connectivity index (χ1) is 9.85. The minimum Gasteiger partial charge on any atom is -0.481 e. The van der Waals surface area contributed by atoms with Crippen LogP contribution in [0, 0.1) is 0 Å². The summed E-state index contributed by atoms with van der Waals surface area (Å²) < 4.78 is 12.0. The Kier molecular flexibility index (Phi) is 3.36. The summed E-state index contributed by atoms with van der Waals surface area (Å²) in [6, 6.07) is 3.56. The summed E-state index contributed by atoms with van der Waals surface area (Å²) in [7, 11) is 1.56. The van der Waals surface area contributed by atoms with Crippen molar-refractivity contribution in [3.05, 3.63) is 36.9 Å². The van der Waals surface area contributed by atoms with Crippen LogP contribution >= 0.6 is 0 Å². The Morgan fingerprint density at radius 2 is 2.35 bits per heavy atom. The van der Waals surface area contributed by atoms with Gasteiger partial charge in [-0.3, -0.25) is 4.68 Å². The third-order valence-electron chi connectivity index (χ3n) is 2.69. The summed E-state index contributed by atoms with van der Waals surface area (Å²) in [5, 5.41) is 7.96. The Labute approximate surface area is 114 Å². The van der Waals surface area contributed by atoms with Gasteiger partial charge >= 0.3 is 0 Å². The molecule has 8 heteroatoms. The monoisotopic (exact) mass is 272 g/mol. The van der Waals surface area contributed by atoms with Gasteiger partial charge in [-0.15, -0.1) is 0 Å². The molecule has 0 atom stereocenters. The van der Waals surface area contributed by atoms with Crippen molar-refractivity contribution in [3.8, 4) is 17.3 Å². The SMILES string of the molecule is COc1cc(-c2noc(CCn3cncn3)n2)ccn1. The average Bonchev–Trinajstić information content (AvgIpc) is 3.16. The Balaban J connectivity index is 1.72. The van der Waals surface area contributed by atoms with Gasteiger partial charge in [0.15, 0.2) is 0 Å². The molecule has 0 N–H and O–H groups in total. The summed E-state index contributed by atoms with van der Waals surface area (Å²) in [5.74, 6) is 1.57. The summed E-state index contributed by atoms with van der Waals surface area (Å²) in [6.45, 7) is 0.640. The van der Waals surface area contributed by atoms with E-state index in [4.69, 9.17) is 9.26 Å². The summed E-state index contributed by atoms with van der Waals surface area (Å²) >= 11 is 0. The fourth-order valence-corrected chi connectivity index (χ4v) is 1.69. The third-order valence-corrected chi connectivity index (χ3v) is 2.69. The predicted molar refractivity (Wildman–Crippen MR) is 67.8 cm³/mol. The van der Waals surface area contributed by atoms with Crippen LogP contribution < -0.4 is 4.74 Å². The molecule has 20 heavy (non-hydrogen) atoms. The molecule has 0 saturated carbocycles. The Morgan fingerprint density at radius 3 is 3.15 bits per heavy atom. The van der Waals surface area contributed by atoms with Crippen molar-refractivity contribution in [1.29, 1.82) is 0 Å². The van der Waals surface area contributed by atoms with Crippen molar-refractivity contribution in [3.63, 3.8) is 0 Å². The zero-order chi connectivity index (χ0) is 13.8. The number of ether oxygens (including phenoxy) is 1. The molecule has 0 aliphatic rings. The van der Waals surface area contributed by atoms with Crippen LogP contribution in [0.5, 0.6) is 5.88 Å². The van der Waals surface area contributed by atoms with Gasteiger partial charge in [-0.25, -0.2) is 9.97 Å². The smallest absolute Gasteiger partial charge is 0.228 e. The zero-order valence-electron chi connectivity index (χ0n) is 10.8. The van der Waals surface area contributed by atoms with E-state index < -0.39 is 0 Å². The molecule has 0 aliphatic carbocycles. The van der Waals surface area contributed by atoms with Gasteiger partial charge in [0, 0.05) is 24.2 Å². The molecular formula is C12H12N6O2. The van der Waals surface area contributed by atoms with Gasteiger partial charge in [-0.1, -0.05) is 5.16 Å². The van der Waals surface area contributed by atoms with E-state index in [2.05, 4.69) is 25.2 Å². The molecule has 0 radical (unpaired) electrons. The minimum atomic E-state index is 0.511. The van der Waals surface area contributed by atoms with Crippen LogP contribution in [0.1, 0.15) is 5.89 Å². The largest absolute Gasteiger partial charge is 0.481 e. The van der Waals surface area contributed by atoms with Crippen molar-refractivity contribution in [1.82, 2.24) is 29.9 Å². The molecule has 3 heterocycles. The van der Waals surface area contributed by atoms with Crippen LogP contribution in [0.25, 0.3) is 11.4 Å². The predicted octanol–water partition coefficient (Wildman–Crippen LogP) is 0.974. The molecule has 3 aromatic heterocycles. The topological polar surface area (TPSA) is 91.8 Å². The molecule has 0 spiro atoms. The fraction of sp³-hybridized carbons (Fsp3) is 0.250. The van der Waals surface area contributed by atoms with Crippen molar-refractivity contribution in [2.75, 3.05) is 7.11 Å². The van der Waals surface area contributed by atoms with E-state index in [1.54, 1.807) is 36.4 Å². The molecule has 0 unspecified atom stereocenters. The molecule has 0 bridgehead atoms. The maximum absolute atomic E-state index is 5.21. The summed E-state index contributed by atoms with van der Waals surface area (Å²) in [5.41, 5.74) is 0.799. The highest BCUT2D eigenvalue weighted by atomic mass is 16.5. The van der Waals surface area contributed by atoms with E-state index in [0.717, 1.165) is 5.56 Å². The van der Waals surface area contributed by atoms with Crippen molar-refractivity contribution >= 4 is 0 Å². The number of methoxy groups -OCH3 is 1. The van der Waals surface area contributed by atoms with Crippen LogP contribution in [0.3, 0.4) is 0 Å². The van der Waals surface area contributed by atoms with Gasteiger partial charge in [0.05, 0.1) is 13.7 Å². The van der Waals surface area contributed by atoms with Crippen LogP contribution in [-0.4, -0.2) is 37.0 Å². The Hall–Kier alpha value is -2.77. The van der Waals surface area contributed by atoms with Crippen molar-refractivity contribution < 1.29 is 9.26 Å². The van der Waals surface area contributed by atoms with Gasteiger partial charge < -0.3 is 9.26 Å². The number of rotatable bonds is 5. The molecular weight excluding hydrogens is 260 g/mol. The van der Waals surface area contributed by atoms with Gasteiger partial charge in [-0.2, -0.15) is 10.1 Å². The highest BCUT2D eigenvalue weighted by molar-refractivity contribution is 5.54. The van der Waals surface area contributed by atoms with Crippen LogP contribution in [0.4, 0.5) is 0 Å². The number of aryl methyl sites for hydroxylation is 2. The van der Waals surface area contributed by atoms with E-state index in [9.17, 15) is 0 Å². The number of aromatic nitrogens is 6. The highest BCUT2D eigenvalue weighted by Gasteiger charge is 2.10. The van der Waals surface area contributed by atoms with Gasteiger partial charge in [0.1, 0.15) is 12.7 Å². The second-order valence-corrected chi connectivity index (χ2v) is 4.01. The first kappa shape index (κ1) is 12.3. The molecule has 8 nitrogen and oxygen atoms in total. The number of hydrogen-bond acceptors (Lipinski definition) is 7. The van der Waals surface area contributed by atoms with E-state index >= 15 is 0 Å². The molecule has 0 aromatic carbocycles. The van der Waals surface area contributed by atoms with Crippen LogP contribution in [-0.2, 0) is 13.0 Å². The lowest BCUT2D eigenvalue weighted by Gasteiger charge is -1.98. The number of pyridine rings is 1. The lowest BCUT2D eigenvalue weighted by Crippen LogP contribution is -2.01. The van der Waals surface area contributed by atoms with E-state index in [1.165, 1.54) is 6.33 Å². The maximum Gasteiger partial charge on any atom is 0.228 e. The Morgan fingerprint density at radius 1 is 1.40 bits per heavy atom. The first-order valence-electron chi connectivity index (χ1n) is 6.00. The van der Waals surface area contributed by atoms with E-state index in [0.29, 0.717) is 30.6 Å². The second-order valence-electron chi connectivity index (χ2n) is 4.01. The first-order valence-corrected chi connectivity index (χ1v) is 6.00. The minimum absolute atomic E-state index is 0.511. The maximum atomic E-state index is 5.21. The van der Waals surface area contributed by atoms with Crippen molar-refractivity contribution in [2.45, 2.75) is 13.0 Å². The fourth-order valence-electron chi connectivity index (χ4n) is 1.69. The van der Waals surface area contributed by atoms with Gasteiger partial charge in [0.25, 0.3) is 0 Å². The van der Waals surface area contributed by atoms with Gasteiger partial charge in [0.2, 0.25) is 17.6 Å². The normalized spacial score (nSPS) is 10.7. The zero-order valence-corrected chi connectivity index (χ0v) is 10.8. The Bertz CT molecular complexity index is 679. The molecule has 3 aromatic rings. The van der Waals surface area contributed by atoms with Crippen LogP contribution in [0.15, 0.2) is 35.5 Å². The van der Waals surface area contributed by atoms with E-state index in [-0.39, 0.29) is 0 Å². The molecule has 0 amide bonds. The van der Waals surface area contributed by atoms with Crippen molar-refractivity contribution in [2.24, 2.45) is 0 Å². The second kappa shape index (κ2) is 5.47. The van der Waals surface area contributed by atoms with Crippen LogP contribution in [0.2, 0.25) is 0 Å². The quantitative estimate of drug-likeness (QED) is 0.683. The molecule has 102 valence electrons. The summed E-state index contributed by atoms with van der Waals surface area (Å²) in [6.07, 6.45) is 5.37. The standard InChI is InChI=1S/C12H12N6O2/c1-19-11-6-9(2-4-14-11)12-16-10(20-17-12)3-5-18-8-13-7-15-18/h2,4,6-8H,3,5H2,1H3. The summed E-state index contributed by atoms with van der Waals surface area (Å²) in [4.78, 5) is 12.2. The number of nitrogens with zero attached hydrogens (tertiary/aromatic N) is 6. The molecule has 0 aliphatic heterocycles. The third kappa shape index (κ3) is 2.63. The molecule has 0 fully saturated rings. The highest BCUT2D eigenvalue weighted by Crippen LogP contribution is 2.19. The number of hydrogen-bond donors (Lipinski definition) is 0. The molecule has 0 saturated heterocycles. The lowest BCUT2D eigenvalue weighted by molar-refractivity contribution is 0.369.